The van der Waals surface area contributed by atoms with Crippen molar-refractivity contribution in [1.82, 2.24) is 0 Å². The number of rotatable bonds is 10. The number of aliphatic hydroxyl groups is 1. The lowest BCUT2D eigenvalue weighted by Crippen LogP contribution is -2.20. The van der Waals surface area contributed by atoms with Gasteiger partial charge in [0.1, 0.15) is 11.9 Å². The molecule has 5 nitrogen and oxygen atoms in total. The van der Waals surface area contributed by atoms with E-state index in [1.165, 1.54) is 16.7 Å². The summed E-state index contributed by atoms with van der Waals surface area (Å²) in [7, 11) is 0. The maximum atomic E-state index is 12.5. The number of Topliss-reactive ketones (excluding diaryl/α,β-unsaturated/α-hetero) is 1. The predicted molar refractivity (Wildman–Crippen MR) is 160 cm³/mol. The van der Waals surface area contributed by atoms with Gasteiger partial charge in [-0.25, -0.2) is 4.79 Å². The maximum absolute atomic E-state index is 12.5. The first-order chi connectivity index (χ1) is 18.5. The van der Waals surface area contributed by atoms with Crippen LogP contribution in [0.2, 0.25) is 0 Å². The highest BCUT2D eigenvalue weighted by Crippen LogP contribution is 2.41. The van der Waals surface area contributed by atoms with Crippen LogP contribution in [0.3, 0.4) is 0 Å². The second-order valence-electron chi connectivity index (χ2n) is 13.5. The SMILES string of the molecule is CC1=CC(OC(CC(C)(C)C)c2ccc(C(=O)CC[C@@H](O)C(=O)O)cc2)=CC(C)C1c1ccc(C(C)(C)C)cc1. The number of ether oxygens (including phenoxy) is 1. The number of carbonyl (C=O) groups excluding carboxylic acids is 1. The highest BCUT2D eigenvalue weighted by molar-refractivity contribution is 5.96. The second kappa shape index (κ2) is 12.6. The Morgan fingerprint density at radius 2 is 1.55 bits per heavy atom. The predicted octanol–water partition coefficient (Wildman–Crippen LogP) is 8.15. The van der Waals surface area contributed by atoms with Crippen molar-refractivity contribution in [2.45, 2.75) is 98.2 Å². The zero-order valence-corrected chi connectivity index (χ0v) is 25.3. The molecule has 0 aromatic heterocycles. The number of hydrogen-bond donors (Lipinski definition) is 2. The van der Waals surface area contributed by atoms with Gasteiger partial charge in [-0.2, -0.15) is 0 Å². The molecule has 2 aromatic carbocycles. The standard InChI is InChI=1S/C35H46O5/c1-22-19-28(20-23(2)32(22)26-13-15-27(16-14-26)35(6,7)8)40-31(21-34(3,4)5)25-11-9-24(10-12-25)29(36)17-18-30(37)33(38)39/h9-16,19-20,22,30-32,37H,17-18,21H2,1-8H3,(H,38,39)/t22?,30-,31?,32?/m1/s1. The zero-order chi connectivity index (χ0) is 29.8. The van der Waals surface area contributed by atoms with Crippen LogP contribution in [-0.4, -0.2) is 28.1 Å². The monoisotopic (exact) mass is 546 g/mol. The first-order valence-electron chi connectivity index (χ1n) is 14.3. The normalized spacial score (nSPS) is 19.3. The van der Waals surface area contributed by atoms with Crippen LogP contribution in [0.15, 0.2) is 72.0 Å². The highest BCUT2D eigenvalue weighted by atomic mass is 16.5. The van der Waals surface area contributed by atoms with Gasteiger partial charge in [0.2, 0.25) is 0 Å². The summed E-state index contributed by atoms with van der Waals surface area (Å²) in [4.78, 5) is 23.4. The van der Waals surface area contributed by atoms with Gasteiger partial charge in [0, 0.05) is 17.9 Å². The van der Waals surface area contributed by atoms with E-state index in [4.69, 9.17) is 9.84 Å². The Kier molecular flexibility index (Phi) is 9.84. The van der Waals surface area contributed by atoms with Crippen LogP contribution in [0, 0.1) is 11.3 Å². The highest BCUT2D eigenvalue weighted by Gasteiger charge is 2.28. The van der Waals surface area contributed by atoms with Gasteiger partial charge in [0.25, 0.3) is 0 Å². The van der Waals surface area contributed by atoms with E-state index >= 15 is 0 Å². The molecule has 3 unspecified atom stereocenters. The lowest BCUT2D eigenvalue weighted by atomic mass is 9.77. The van der Waals surface area contributed by atoms with E-state index in [1.807, 2.05) is 12.1 Å². The van der Waals surface area contributed by atoms with Crippen LogP contribution in [-0.2, 0) is 14.9 Å². The molecule has 0 amide bonds. The van der Waals surface area contributed by atoms with Crippen LogP contribution >= 0.6 is 0 Å². The molecule has 0 heterocycles. The lowest BCUT2D eigenvalue weighted by molar-refractivity contribution is -0.146. The van der Waals surface area contributed by atoms with Crippen LogP contribution in [0.5, 0.6) is 0 Å². The molecular weight excluding hydrogens is 500 g/mol. The average Bonchev–Trinajstić information content (AvgIpc) is 2.85. The van der Waals surface area contributed by atoms with Crippen LogP contribution in [0.4, 0.5) is 0 Å². The molecule has 216 valence electrons. The van der Waals surface area contributed by atoms with Gasteiger partial charge in [-0.3, -0.25) is 4.79 Å². The Morgan fingerprint density at radius 1 is 0.950 bits per heavy atom. The fraction of sp³-hybridized carbons (Fsp3) is 0.486. The molecule has 0 aliphatic heterocycles. The maximum Gasteiger partial charge on any atom is 0.332 e. The topological polar surface area (TPSA) is 83.8 Å². The number of carbonyl (C=O) groups is 2. The van der Waals surface area contributed by atoms with Crippen LogP contribution in [0.25, 0.3) is 0 Å². The first kappa shape index (κ1) is 31.3. The Bertz CT molecular complexity index is 1240. The molecule has 0 radical (unpaired) electrons. The largest absolute Gasteiger partial charge is 0.486 e. The van der Waals surface area contributed by atoms with E-state index in [-0.39, 0.29) is 41.5 Å². The number of ketones is 1. The molecule has 2 N–H and O–H groups in total. The fourth-order valence-corrected chi connectivity index (χ4v) is 5.33. The van der Waals surface area contributed by atoms with E-state index < -0.39 is 12.1 Å². The van der Waals surface area contributed by atoms with E-state index in [2.05, 4.69) is 91.8 Å². The number of allylic oxidation sites excluding steroid dienone is 3. The summed E-state index contributed by atoms with van der Waals surface area (Å²) in [5.41, 5.74) is 5.53. The van der Waals surface area contributed by atoms with Crippen molar-refractivity contribution < 1.29 is 24.5 Å². The Hall–Kier alpha value is -3.18. The van der Waals surface area contributed by atoms with Crippen molar-refractivity contribution in [3.05, 3.63) is 94.3 Å². The van der Waals surface area contributed by atoms with Gasteiger partial charge in [-0.05, 0) is 65.4 Å². The summed E-state index contributed by atoms with van der Waals surface area (Å²) >= 11 is 0. The second-order valence-corrected chi connectivity index (χ2v) is 13.5. The van der Waals surface area contributed by atoms with Crippen molar-refractivity contribution >= 4 is 11.8 Å². The molecule has 1 aliphatic rings. The Labute approximate surface area is 240 Å². The molecule has 2 aromatic rings. The number of carboxylic acid groups (broad SMARTS) is 1. The van der Waals surface area contributed by atoms with Crippen LogP contribution in [0.1, 0.15) is 114 Å². The quantitative estimate of drug-likeness (QED) is 0.294. The molecule has 3 rings (SSSR count). The molecule has 0 bridgehead atoms. The summed E-state index contributed by atoms with van der Waals surface area (Å²) in [5.74, 6) is -0.0660. The van der Waals surface area contributed by atoms with E-state index in [0.29, 0.717) is 11.5 Å². The summed E-state index contributed by atoms with van der Waals surface area (Å²) in [6.45, 7) is 17.7. The minimum absolute atomic E-state index is 0.0169. The fourth-order valence-electron chi connectivity index (χ4n) is 5.33. The summed E-state index contributed by atoms with van der Waals surface area (Å²) in [6.07, 6.45) is 3.32. The minimum Gasteiger partial charge on any atom is -0.486 e. The molecule has 5 heteroatoms. The molecule has 1 aliphatic carbocycles. The minimum atomic E-state index is -1.53. The van der Waals surface area contributed by atoms with Gasteiger partial charge < -0.3 is 14.9 Å². The molecule has 0 spiro atoms. The number of carboxylic acids is 1. The van der Waals surface area contributed by atoms with Gasteiger partial charge in [0.05, 0.1) is 0 Å². The van der Waals surface area contributed by atoms with Crippen molar-refractivity contribution in [1.29, 1.82) is 0 Å². The average molecular weight is 547 g/mol. The molecule has 0 saturated heterocycles. The van der Waals surface area contributed by atoms with Gasteiger partial charge in [-0.1, -0.05) is 103 Å². The third-order valence-corrected chi connectivity index (χ3v) is 7.56. The number of hydrogen-bond acceptors (Lipinski definition) is 4. The Balaban J connectivity index is 1.77. The van der Waals surface area contributed by atoms with Gasteiger partial charge in [0.15, 0.2) is 11.9 Å². The van der Waals surface area contributed by atoms with Gasteiger partial charge >= 0.3 is 5.97 Å². The first-order valence-corrected chi connectivity index (χ1v) is 14.3. The van der Waals surface area contributed by atoms with E-state index in [9.17, 15) is 14.7 Å². The van der Waals surface area contributed by atoms with E-state index in [1.54, 1.807) is 12.1 Å². The van der Waals surface area contributed by atoms with Crippen molar-refractivity contribution in [3.8, 4) is 0 Å². The van der Waals surface area contributed by atoms with E-state index in [0.717, 1.165) is 17.7 Å². The molecular formula is C35H46O5. The van der Waals surface area contributed by atoms with Crippen molar-refractivity contribution in [3.63, 3.8) is 0 Å². The Morgan fingerprint density at radius 3 is 2.05 bits per heavy atom. The third-order valence-electron chi connectivity index (χ3n) is 7.56. The summed E-state index contributed by atoms with van der Waals surface area (Å²) in [6, 6.07) is 16.4. The number of aliphatic hydroxyl groups excluding tert-OH is 1. The third kappa shape index (κ3) is 8.41. The van der Waals surface area contributed by atoms with Crippen LogP contribution < -0.4 is 0 Å². The number of benzene rings is 2. The molecule has 0 saturated carbocycles. The lowest BCUT2D eigenvalue weighted by Gasteiger charge is -2.32. The molecule has 4 atom stereocenters. The summed E-state index contributed by atoms with van der Waals surface area (Å²) in [5, 5.41) is 18.3. The van der Waals surface area contributed by atoms with Crippen molar-refractivity contribution in [2.75, 3.05) is 0 Å². The molecule has 0 fully saturated rings. The smallest absolute Gasteiger partial charge is 0.332 e. The number of aliphatic carboxylic acids is 1. The van der Waals surface area contributed by atoms with Gasteiger partial charge in [-0.15, -0.1) is 0 Å². The van der Waals surface area contributed by atoms with Crippen molar-refractivity contribution in [2.24, 2.45) is 11.3 Å². The zero-order valence-electron chi connectivity index (χ0n) is 25.3. The summed E-state index contributed by atoms with van der Waals surface area (Å²) < 4.78 is 6.65. The molecule has 40 heavy (non-hydrogen) atoms.